The zero-order chi connectivity index (χ0) is 14.3. The zero-order valence-corrected chi connectivity index (χ0v) is 11.5. The summed E-state index contributed by atoms with van der Waals surface area (Å²) in [6.07, 6.45) is 2.16. The second kappa shape index (κ2) is 7.89. The Morgan fingerprint density at radius 3 is 2.63 bits per heavy atom. The lowest BCUT2D eigenvalue weighted by Crippen LogP contribution is -2.33. The van der Waals surface area contributed by atoms with Gasteiger partial charge in [0.2, 0.25) is 11.8 Å². The molecule has 0 aliphatic carbocycles. The summed E-state index contributed by atoms with van der Waals surface area (Å²) >= 11 is 0. The van der Waals surface area contributed by atoms with Gasteiger partial charge in [-0.05, 0) is 12.8 Å². The molecule has 1 heterocycles. The van der Waals surface area contributed by atoms with Gasteiger partial charge in [0.25, 0.3) is 0 Å². The van der Waals surface area contributed by atoms with Gasteiger partial charge in [-0.25, -0.2) is 0 Å². The Morgan fingerprint density at radius 1 is 1.32 bits per heavy atom. The third-order valence-electron chi connectivity index (χ3n) is 3.08. The molecule has 6 nitrogen and oxygen atoms in total. The lowest BCUT2D eigenvalue weighted by Gasteiger charge is -2.14. The molecule has 1 unspecified atom stereocenters. The summed E-state index contributed by atoms with van der Waals surface area (Å²) in [5, 5.41) is 0. The van der Waals surface area contributed by atoms with E-state index in [1.807, 2.05) is 0 Å². The van der Waals surface area contributed by atoms with Crippen LogP contribution in [0.3, 0.4) is 0 Å². The van der Waals surface area contributed by atoms with Crippen LogP contribution in [0.5, 0.6) is 0 Å². The Morgan fingerprint density at radius 2 is 2.05 bits per heavy atom. The number of nitrogens with zero attached hydrogens (tertiary/aromatic N) is 1. The molecule has 1 fully saturated rings. The molecular weight excluding hydrogens is 250 g/mol. The number of likely N-dealkylation sites (tertiary alicyclic amines) is 1. The van der Waals surface area contributed by atoms with E-state index < -0.39 is 0 Å². The van der Waals surface area contributed by atoms with Crippen LogP contribution in [0.15, 0.2) is 0 Å². The molecule has 0 N–H and O–H groups in total. The van der Waals surface area contributed by atoms with E-state index >= 15 is 0 Å². The number of unbranched alkanes of at least 4 members (excludes halogenated alkanes) is 1. The maximum absolute atomic E-state index is 11.6. The number of rotatable bonds is 8. The largest absolute Gasteiger partial charge is 0.469 e. The number of imide groups is 1. The van der Waals surface area contributed by atoms with Crippen molar-refractivity contribution in [3.8, 4) is 0 Å². The van der Waals surface area contributed by atoms with Gasteiger partial charge < -0.3 is 9.47 Å². The monoisotopic (exact) mass is 271 g/mol. The zero-order valence-electron chi connectivity index (χ0n) is 11.5. The van der Waals surface area contributed by atoms with Crippen molar-refractivity contribution in [1.29, 1.82) is 0 Å². The molecule has 0 bridgehead atoms. The van der Waals surface area contributed by atoms with E-state index in [-0.39, 0.29) is 23.7 Å². The van der Waals surface area contributed by atoms with Gasteiger partial charge in [0.05, 0.1) is 20.3 Å². The average Bonchev–Trinajstić information content (AvgIpc) is 2.63. The van der Waals surface area contributed by atoms with Gasteiger partial charge in [0.15, 0.2) is 0 Å². The van der Waals surface area contributed by atoms with Crippen LogP contribution in [0.4, 0.5) is 0 Å². The molecule has 1 saturated heterocycles. The van der Waals surface area contributed by atoms with Gasteiger partial charge in [0.1, 0.15) is 0 Å². The van der Waals surface area contributed by atoms with Crippen LogP contribution in [0.25, 0.3) is 0 Å². The first kappa shape index (κ1) is 15.6. The van der Waals surface area contributed by atoms with Crippen LogP contribution in [0, 0.1) is 5.92 Å². The highest BCUT2D eigenvalue weighted by Crippen LogP contribution is 2.17. The van der Waals surface area contributed by atoms with E-state index in [0.717, 1.165) is 6.42 Å². The van der Waals surface area contributed by atoms with Crippen molar-refractivity contribution < 1.29 is 23.9 Å². The Bertz CT molecular complexity index is 342. The quantitative estimate of drug-likeness (QED) is 0.370. The van der Waals surface area contributed by atoms with Crippen LogP contribution >= 0.6 is 0 Å². The summed E-state index contributed by atoms with van der Waals surface area (Å²) in [4.78, 5) is 35.2. The van der Waals surface area contributed by atoms with Crippen LogP contribution in [0.2, 0.25) is 0 Å². The molecule has 19 heavy (non-hydrogen) atoms. The van der Waals surface area contributed by atoms with Crippen LogP contribution in [0.1, 0.15) is 32.6 Å². The van der Waals surface area contributed by atoms with Gasteiger partial charge in [-0.3, -0.25) is 19.3 Å². The fourth-order valence-corrected chi connectivity index (χ4v) is 1.92. The van der Waals surface area contributed by atoms with E-state index in [1.54, 1.807) is 6.92 Å². The topological polar surface area (TPSA) is 72.9 Å². The van der Waals surface area contributed by atoms with Gasteiger partial charge in [-0.15, -0.1) is 0 Å². The number of carbonyl (C=O) groups is 3. The lowest BCUT2D eigenvalue weighted by atomic mass is 10.1. The number of methoxy groups -OCH3 is 1. The Kier molecular flexibility index (Phi) is 6.49. The molecule has 1 aliphatic rings. The summed E-state index contributed by atoms with van der Waals surface area (Å²) in [6.45, 7) is 2.94. The van der Waals surface area contributed by atoms with Crippen molar-refractivity contribution in [2.45, 2.75) is 32.6 Å². The van der Waals surface area contributed by atoms with Gasteiger partial charge >= 0.3 is 5.97 Å². The molecule has 2 amide bonds. The predicted octanol–water partition coefficient (Wildman–Crippen LogP) is 0.741. The highest BCUT2D eigenvalue weighted by Gasteiger charge is 2.34. The molecule has 6 heteroatoms. The maximum atomic E-state index is 11.6. The highest BCUT2D eigenvalue weighted by atomic mass is 16.5. The van der Waals surface area contributed by atoms with Crippen molar-refractivity contribution in [1.82, 2.24) is 4.90 Å². The summed E-state index contributed by atoms with van der Waals surface area (Å²) < 4.78 is 9.86. The van der Waals surface area contributed by atoms with Gasteiger partial charge in [-0.2, -0.15) is 0 Å². The molecular formula is C13H21NO5. The second-order valence-electron chi connectivity index (χ2n) is 4.63. The van der Waals surface area contributed by atoms with Crippen molar-refractivity contribution >= 4 is 17.8 Å². The normalized spacial score (nSPS) is 19.1. The molecule has 0 saturated carbocycles. The fraction of sp³-hybridized carbons (Fsp3) is 0.769. The second-order valence-corrected chi connectivity index (χ2v) is 4.63. The average molecular weight is 271 g/mol. The Hall–Kier alpha value is -1.43. The van der Waals surface area contributed by atoms with Crippen molar-refractivity contribution in [3.63, 3.8) is 0 Å². The lowest BCUT2D eigenvalue weighted by molar-refractivity contribution is -0.142. The van der Waals surface area contributed by atoms with E-state index in [2.05, 4.69) is 4.74 Å². The Labute approximate surface area is 113 Å². The maximum Gasteiger partial charge on any atom is 0.305 e. The summed E-state index contributed by atoms with van der Waals surface area (Å²) in [5.74, 6) is -0.652. The molecule has 0 aromatic heterocycles. The standard InChI is InChI=1S/C13H21NO5/c1-10-9-11(15)14(13(10)17)6-8-19-7-4-3-5-12(16)18-2/h10H,3-9H2,1-2H3. The molecule has 1 rings (SSSR count). The third kappa shape index (κ3) is 4.98. The van der Waals surface area contributed by atoms with Crippen LogP contribution in [-0.2, 0) is 23.9 Å². The minimum absolute atomic E-state index is 0.112. The summed E-state index contributed by atoms with van der Waals surface area (Å²) in [6, 6.07) is 0. The number of ether oxygens (including phenoxy) is 2. The molecule has 0 aromatic rings. The Balaban J connectivity index is 2.04. The molecule has 0 aromatic carbocycles. The summed E-state index contributed by atoms with van der Waals surface area (Å²) in [5.41, 5.74) is 0. The predicted molar refractivity (Wildman–Crippen MR) is 67.2 cm³/mol. The number of hydrogen-bond donors (Lipinski definition) is 0. The van der Waals surface area contributed by atoms with E-state index in [9.17, 15) is 14.4 Å². The van der Waals surface area contributed by atoms with E-state index in [4.69, 9.17) is 4.74 Å². The minimum Gasteiger partial charge on any atom is -0.469 e. The molecule has 1 aliphatic heterocycles. The van der Waals surface area contributed by atoms with Crippen molar-refractivity contribution in [2.75, 3.05) is 26.9 Å². The van der Waals surface area contributed by atoms with Crippen LogP contribution in [-0.4, -0.2) is 49.6 Å². The number of carbonyl (C=O) groups excluding carboxylic acids is 3. The third-order valence-corrected chi connectivity index (χ3v) is 3.08. The molecule has 108 valence electrons. The van der Waals surface area contributed by atoms with Gasteiger partial charge in [0, 0.05) is 25.4 Å². The first-order chi connectivity index (χ1) is 9.06. The fourth-order valence-electron chi connectivity index (χ4n) is 1.92. The first-order valence-corrected chi connectivity index (χ1v) is 6.55. The summed E-state index contributed by atoms with van der Waals surface area (Å²) in [7, 11) is 1.36. The highest BCUT2D eigenvalue weighted by molar-refractivity contribution is 6.03. The van der Waals surface area contributed by atoms with Gasteiger partial charge in [-0.1, -0.05) is 6.92 Å². The van der Waals surface area contributed by atoms with Crippen molar-refractivity contribution in [2.24, 2.45) is 5.92 Å². The van der Waals surface area contributed by atoms with E-state index in [0.29, 0.717) is 39.0 Å². The molecule has 0 radical (unpaired) electrons. The smallest absolute Gasteiger partial charge is 0.305 e. The SMILES string of the molecule is COC(=O)CCCCOCCN1C(=O)CC(C)C1=O. The molecule has 0 spiro atoms. The molecule has 1 atom stereocenters. The van der Waals surface area contributed by atoms with Crippen molar-refractivity contribution in [3.05, 3.63) is 0 Å². The van der Waals surface area contributed by atoms with E-state index in [1.165, 1.54) is 12.0 Å². The number of amides is 2. The first-order valence-electron chi connectivity index (χ1n) is 6.55. The minimum atomic E-state index is -0.220. The van der Waals surface area contributed by atoms with Crippen LogP contribution < -0.4 is 0 Å². The number of esters is 1. The number of hydrogen-bond acceptors (Lipinski definition) is 5.